The second kappa shape index (κ2) is 9.88. The van der Waals surface area contributed by atoms with E-state index in [9.17, 15) is 19.5 Å². The quantitative estimate of drug-likeness (QED) is 0.354. The highest BCUT2D eigenvalue weighted by molar-refractivity contribution is 5.96. The summed E-state index contributed by atoms with van der Waals surface area (Å²) in [7, 11) is 0. The van der Waals surface area contributed by atoms with Crippen molar-refractivity contribution in [3.05, 3.63) is 46.3 Å². The highest BCUT2D eigenvalue weighted by Crippen LogP contribution is 2.48. The van der Waals surface area contributed by atoms with E-state index in [1.54, 1.807) is 45.9 Å². The number of aliphatic hydroxyl groups is 1. The predicted octanol–water partition coefficient (Wildman–Crippen LogP) is 3.45. The summed E-state index contributed by atoms with van der Waals surface area (Å²) in [4.78, 5) is 37.9. The Hall–Kier alpha value is -2.71. The van der Waals surface area contributed by atoms with Crippen molar-refractivity contribution < 1.29 is 38.4 Å². The van der Waals surface area contributed by atoms with Gasteiger partial charge in [-0.15, -0.1) is 0 Å². The van der Waals surface area contributed by atoms with Crippen LogP contribution in [0.5, 0.6) is 0 Å². The Bertz CT molecular complexity index is 1000. The number of fused-ring (bicyclic) bond motifs is 3. The summed E-state index contributed by atoms with van der Waals surface area (Å²) < 4.78 is 23.2. The third kappa shape index (κ3) is 4.88. The lowest BCUT2D eigenvalue weighted by atomic mass is 9.80. The van der Waals surface area contributed by atoms with Crippen LogP contribution in [0, 0.1) is 5.92 Å². The van der Waals surface area contributed by atoms with E-state index in [-0.39, 0.29) is 36.9 Å². The minimum atomic E-state index is -0.860. The van der Waals surface area contributed by atoms with Crippen molar-refractivity contribution in [1.82, 2.24) is 0 Å². The third-order valence-electron chi connectivity index (χ3n) is 7.12. The average molecular weight is 475 g/mol. The van der Waals surface area contributed by atoms with Crippen LogP contribution < -0.4 is 0 Å². The highest BCUT2D eigenvalue weighted by atomic mass is 16.6. The van der Waals surface area contributed by atoms with Crippen LogP contribution in [0.15, 0.2) is 46.3 Å². The third-order valence-corrected chi connectivity index (χ3v) is 7.12. The number of aliphatic hydroxyl groups excluding tert-OH is 1. The van der Waals surface area contributed by atoms with Gasteiger partial charge in [-0.2, -0.15) is 0 Å². The van der Waals surface area contributed by atoms with Gasteiger partial charge in [0.15, 0.2) is 0 Å². The number of esters is 3. The normalized spacial score (nSPS) is 33.3. The predicted molar refractivity (Wildman–Crippen MR) is 123 cm³/mol. The van der Waals surface area contributed by atoms with Crippen LogP contribution in [-0.4, -0.2) is 53.5 Å². The van der Waals surface area contributed by atoms with Crippen LogP contribution >= 0.6 is 0 Å². The van der Waals surface area contributed by atoms with Gasteiger partial charge in [-0.05, 0) is 65.9 Å². The van der Waals surface area contributed by atoms with Gasteiger partial charge in [-0.3, -0.25) is 0 Å². The van der Waals surface area contributed by atoms with Gasteiger partial charge in [0.2, 0.25) is 0 Å². The summed E-state index contributed by atoms with van der Waals surface area (Å²) in [6.45, 7) is 10.0. The minimum Gasteiger partial charge on any atom is -0.457 e. The SMILES string of the molecule is C/C=C(\C)C(=O)OCC1=C2/C(=C\[C@@]3(C)CC[C@@](CO)(O3)[C@H](C)C[C@@H]2OC(=O)/C(C)=C/C)OC1=O. The molecule has 186 valence electrons. The van der Waals surface area contributed by atoms with E-state index < -0.39 is 35.2 Å². The minimum absolute atomic E-state index is 0.131. The van der Waals surface area contributed by atoms with Gasteiger partial charge in [-0.1, -0.05) is 19.1 Å². The Morgan fingerprint density at radius 3 is 2.44 bits per heavy atom. The van der Waals surface area contributed by atoms with Crippen molar-refractivity contribution in [2.75, 3.05) is 13.2 Å². The Kier molecular flexibility index (Phi) is 7.53. The number of rotatable bonds is 6. The molecule has 2 bridgehead atoms. The van der Waals surface area contributed by atoms with Crippen molar-refractivity contribution in [2.45, 2.75) is 78.1 Å². The van der Waals surface area contributed by atoms with Crippen molar-refractivity contribution >= 4 is 17.9 Å². The Morgan fingerprint density at radius 1 is 1.18 bits per heavy atom. The molecule has 1 N–H and O–H groups in total. The smallest absolute Gasteiger partial charge is 0.343 e. The first-order valence-electron chi connectivity index (χ1n) is 11.6. The van der Waals surface area contributed by atoms with E-state index in [1.165, 1.54) is 0 Å². The van der Waals surface area contributed by atoms with E-state index >= 15 is 0 Å². The first kappa shape index (κ1) is 25.9. The molecule has 34 heavy (non-hydrogen) atoms. The fraction of sp³-hybridized carbons (Fsp3) is 0.577. The largest absolute Gasteiger partial charge is 0.457 e. The summed E-state index contributed by atoms with van der Waals surface area (Å²) in [5, 5.41) is 10.3. The van der Waals surface area contributed by atoms with Gasteiger partial charge in [0.1, 0.15) is 18.5 Å². The second-order valence-corrected chi connectivity index (χ2v) is 9.48. The van der Waals surface area contributed by atoms with Gasteiger partial charge in [-0.25, -0.2) is 14.4 Å². The van der Waals surface area contributed by atoms with Crippen molar-refractivity contribution in [1.29, 1.82) is 0 Å². The van der Waals surface area contributed by atoms with Crippen LogP contribution in [0.3, 0.4) is 0 Å². The molecule has 8 nitrogen and oxygen atoms in total. The summed E-state index contributed by atoms with van der Waals surface area (Å²) in [6, 6.07) is 0. The van der Waals surface area contributed by atoms with E-state index in [4.69, 9.17) is 18.9 Å². The topological polar surface area (TPSA) is 108 Å². The zero-order valence-electron chi connectivity index (χ0n) is 20.7. The number of allylic oxidation sites excluding steroid dienone is 2. The lowest BCUT2D eigenvalue weighted by Gasteiger charge is -2.36. The van der Waals surface area contributed by atoms with Gasteiger partial charge in [0.25, 0.3) is 0 Å². The molecule has 0 aromatic carbocycles. The molecule has 3 heterocycles. The maximum absolute atomic E-state index is 12.9. The number of ether oxygens (including phenoxy) is 4. The molecule has 0 aromatic rings. The molecule has 3 aliphatic heterocycles. The summed E-state index contributed by atoms with van der Waals surface area (Å²) in [6.07, 6.45) is 5.64. The zero-order valence-corrected chi connectivity index (χ0v) is 20.7. The number of hydrogen-bond donors (Lipinski definition) is 1. The molecule has 1 fully saturated rings. The zero-order chi connectivity index (χ0) is 25.3. The molecule has 3 aliphatic rings. The molecule has 8 heteroatoms. The van der Waals surface area contributed by atoms with Gasteiger partial charge < -0.3 is 24.1 Å². The van der Waals surface area contributed by atoms with E-state index in [2.05, 4.69) is 0 Å². The molecule has 0 radical (unpaired) electrons. The van der Waals surface area contributed by atoms with Crippen molar-refractivity contribution in [3.63, 3.8) is 0 Å². The maximum Gasteiger partial charge on any atom is 0.343 e. The standard InChI is InChI=1S/C26H34O8/c1-7-15(3)22(28)31-13-18-21-19(32-23(29)16(4)8-2)11-17(5)26(14-27)10-9-25(6,34-26)12-20(21)33-24(18)30/h7-8,12,17,19,27H,9-11,13-14H2,1-6H3/b15-7+,16-8+,20-12+/t17-,19+,25-,26+/m1/s1. The average Bonchev–Trinajstić information content (AvgIpc) is 3.32. The Labute approximate surface area is 200 Å². The van der Waals surface area contributed by atoms with Crippen LogP contribution in [0.25, 0.3) is 0 Å². The van der Waals surface area contributed by atoms with E-state index in [0.29, 0.717) is 29.6 Å². The van der Waals surface area contributed by atoms with Crippen LogP contribution in [0.4, 0.5) is 0 Å². The van der Waals surface area contributed by atoms with Crippen molar-refractivity contribution in [2.24, 2.45) is 5.92 Å². The van der Waals surface area contributed by atoms with Crippen LogP contribution in [0.1, 0.15) is 60.8 Å². The maximum atomic E-state index is 12.9. The first-order valence-corrected chi connectivity index (χ1v) is 11.6. The Balaban J connectivity index is 2.11. The van der Waals surface area contributed by atoms with E-state index in [0.717, 1.165) is 0 Å². The van der Waals surface area contributed by atoms with E-state index in [1.807, 2.05) is 13.8 Å². The lowest BCUT2D eigenvalue weighted by Crippen LogP contribution is -2.43. The Morgan fingerprint density at radius 2 is 1.82 bits per heavy atom. The fourth-order valence-corrected chi connectivity index (χ4v) is 4.56. The highest BCUT2D eigenvalue weighted by Gasteiger charge is 2.52. The summed E-state index contributed by atoms with van der Waals surface area (Å²) >= 11 is 0. The molecule has 1 saturated heterocycles. The molecule has 0 aromatic heterocycles. The number of carbonyl (C=O) groups excluding carboxylic acids is 3. The molecule has 3 rings (SSSR count). The molecular weight excluding hydrogens is 440 g/mol. The molecule has 0 aliphatic carbocycles. The van der Waals surface area contributed by atoms with Gasteiger partial charge in [0.05, 0.1) is 23.4 Å². The fourth-order valence-electron chi connectivity index (χ4n) is 4.56. The number of carbonyl (C=O) groups is 3. The molecule has 4 atom stereocenters. The number of hydrogen-bond acceptors (Lipinski definition) is 8. The van der Waals surface area contributed by atoms with Gasteiger partial charge in [0, 0.05) is 16.7 Å². The van der Waals surface area contributed by atoms with Crippen LogP contribution in [-0.2, 0) is 33.3 Å². The first-order chi connectivity index (χ1) is 16.0. The lowest BCUT2D eigenvalue weighted by molar-refractivity contribution is -0.149. The second-order valence-electron chi connectivity index (χ2n) is 9.48. The summed E-state index contributed by atoms with van der Waals surface area (Å²) in [5.41, 5.74) is -0.265. The van der Waals surface area contributed by atoms with Gasteiger partial charge >= 0.3 is 17.9 Å². The molecule has 0 amide bonds. The summed E-state index contributed by atoms with van der Waals surface area (Å²) in [5.74, 6) is -1.71. The molecule has 0 spiro atoms. The van der Waals surface area contributed by atoms with Crippen molar-refractivity contribution in [3.8, 4) is 0 Å². The molecular formula is C26H34O8. The molecule has 0 unspecified atom stereocenters. The monoisotopic (exact) mass is 474 g/mol. The molecule has 0 saturated carbocycles. The van der Waals surface area contributed by atoms with Crippen LogP contribution in [0.2, 0.25) is 0 Å².